The number of hydrogen-bond acceptors (Lipinski definition) is 2. The van der Waals surface area contributed by atoms with E-state index in [0.29, 0.717) is 19.5 Å². The second kappa shape index (κ2) is 9.27. The lowest BCUT2D eigenvalue weighted by atomic mass is 10.0. The number of rotatable bonds is 7. The zero-order valence-corrected chi connectivity index (χ0v) is 17.1. The van der Waals surface area contributed by atoms with Crippen LogP contribution in [0, 0.1) is 0 Å². The third-order valence-corrected chi connectivity index (χ3v) is 5.32. The number of ether oxygens (including phenoxy) is 1. The van der Waals surface area contributed by atoms with Crippen LogP contribution in [0.1, 0.15) is 16.7 Å². The zero-order chi connectivity index (χ0) is 20.8. The Hall–Kier alpha value is -3.59. The molecule has 0 bridgehead atoms. The van der Waals surface area contributed by atoms with E-state index in [9.17, 15) is 4.79 Å². The molecule has 1 amide bonds. The van der Waals surface area contributed by atoms with Gasteiger partial charge < -0.3 is 9.64 Å². The minimum atomic E-state index is 0.116. The van der Waals surface area contributed by atoms with Crippen LogP contribution in [0.15, 0.2) is 97.1 Å². The molecule has 0 heterocycles. The van der Waals surface area contributed by atoms with E-state index in [2.05, 4.69) is 30.3 Å². The summed E-state index contributed by atoms with van der Waals surface area (Å²) in [5.41, 5.74) is 3.26. The normalized spacial score (nSPS) is 10.7. The molecule has 3 nitrogen and oxygen atoms in total. The Morgan fingerprint density at radius 1 is 0.733 bits per heavy atom. The minimum absolute atomic E-state index is 0.116. The molecule has 0 aliphatic heterocycles. The van der Waals surface area contributed by atoms with Gasteiger partial charge in [-0.25, -0.2) is 0 Å². The number of methoxy groups -OCH3 is 1. The maximum absolute atomic E-state index is 13.3. The Balaban J connectivity index is 1.62. The molecule has 0 saturated heterocycles. The second-order valence-corrected chi connectivity index (χ2v) is 7.40. The van der Waals surface area contributed by atoms with Gasteiger partial charge in [0.05, 0.1) is 13.5 Å². The number of carbonyl (C=O) groups excluding carboxylic acids is 1. The topological polar surface area (TPSA) is 29.5 Å². The third kappa shape index (κ3) is 4.69. The molecule has 0 N–H and O–H groups in total. The van der Waals surface area contributed by atoms with E-state index in [0.717, 1.165) is 22.4 Å². The minimum Gasteiger partial charge on any atom is -0.497 e. The van der Waals surface area contributed by atoms with Gasteiger partial charge in [0.1, 0.15) is 5.75 Å². The van der Waals surface area contributed by atoms with Gasteiger partial charge in [0, 0.05) is 13.1 Å². The molecular formula is C27H25NO2. The van der Waals surface area contributed by atoms with Crippen molar-refractivity contribution in [3.8, 4) is 5.75 Å². The summed E-state index contributed by atoms with van der Waals surface area (Å²) in [5.74, 6) is 0.930. The van der Waals surface area contributed by atoms with Gasteiger partial charge >= 0.3 is 0 Å². The third-order valence-electron chi connectivity index (χ3n) is 5.32. The van der Waals surface area contributed by atoms with Crippen LogP contribution >= 0.6 is 0 Å². The Kier molecular flexibility index (Phi) is 6.09. The quantitative estimate of drug-likeness (QED) is 0.406. The van der Waals surface area contributed by atoms with E-state index < -0.39 is 0 Å². The lowest BCUT2D eigenvalue weighted by Crippen LogP contribution is -2.31. The molecular weight excluding hydrogens is 370 g/mol. The van der Waals surface area contributed by atoms with Gasteiger partial charge in [-0.1, -0.05) is 84.9 Å². The average molecular weight is 396 g/mol. The van der Waals surface area contributed by atoms with Crippen molar-refractivity contribution in [2.45, 2.75) is 19.5 Å². The predicted octanol–water partition coefficient (Wildman–Crippen LogP) is 5.62. The van der Waals surface area contributed by atoms with Crippen LogP contribution in [0.25, 0.3) is 10.8 Å². The SMILES string of the molecule is COc1ccc(CN(Cc2cccc3ccccc23)C(=O)Cc2ccccc2)cc1. The van der Waals surface area contributed by atoms with Crippen molar-refractivity contribution in [3.63, 3.8) is 0 Å². The van der Waals surface area contributed by atoms with Crippen LogP contribution in [-0.4, -0.2) is 17.9 Å². The van der Waals surface area contributed by atoms with E-state index >= 15 is 0 Å². The van der Waals surface area contributed by atoms with Gasteiger partial charge in [-0.05, 0) is 39.6 Å². The predicted molar refractivity (Wildman–Crippen MR) is 121 cm³/mol. The summed E-state index contributed by atoms with van der Waals surface area (Å²) in [4.78, 5) is 15.2. The summed E-state index contributed by atoms with van der Waals surface area (Å²) in [6, 6.07) is 32.4. The molecule has 0 aliphatic carbocycles. The second-order valence-electron chi connectivity index (χ2n) is 7.40. The van der Waals surface area contributed by atoms with E-state index in [1.54, 1.807) is 7.11 Å². The summed E-state index contributed by atoms with van der Waals surface area (Å²) in [6.07, 6.45) is 0.391. The summed E-state index contributed by atoms with van der Waals surface area (Å²) >= 11 is 0. The smallest absolute Gasteiger partial charge is 0.227 e. The maximum atomic E-state index is 13.3. The van der Waals surface area contributed by atoms with E-state index in [1.807, 2.05) is 71.6 Å². The van der Waals surface area contributed by atoms with Crippen molar-refractivity contribution < 1.29 is 9.53 Å². The number of nitrogens with zero attached hydrogens (tertiary/aromatic N) is 1. The van der Waals surface area contributed by atoms with Gasteiger partial charge in [0.2, 0.25) is 5.91 Å². The van der Waals surface area contributed by atoms with Crippen molar-refractivity contribution in [2.24, 2.45) is 0 Å². The summed E-state index contributed by atoms with van der Waals surface area (Å²) in [5, 5.41) is 2.38. The maximum Gasteiger partial charge on any atom is 0.227 e. The Bertz CT molecular complexity index is 1120. The van der Waals surface area contributed by atoms with Crippen molar-refractivity contribution in [1.29, 1.82) is 0 Å². The molecule has 4 aromatic carbocycles. The molecule has 0 atom stereocenters. The molecule has 4 aromatic rings. The average Bonchev–Trinajstić information content (AvgIpc) is 2.80. The molecule has 0 radical (unpaired) electrons. The fourth-order valence-corrected chi connectivity index (χ4v) is 3.70. The van der Waals surface area contributed by atoms with E-state index in [-0.39, 0.29) is 5.91 Å². The van der Waals surface area contributed by atoms with Gasteiger partial charge in [-0.3, -0.25) is 4.79 Å². The standard InChI is InChI=1S/C27H25NO2/c1-30-25-16-14-22(15-17-25)19-28(27(29)18-21-8-3-2-4-9-21)20-24-12-7-11-23-10-5-6-13-26(23)24/h2-17H,18-20H2,1H3. The van der Waals surface area contributed by atoms with Crippen molar-refractivity contribution in [3.05, 3.63) is 114 Å². The van der Waals surface area contributed by atoms with Crippen molar-refractivity contribution in [2.75, 3.05) is 7.11 Å². The molecule has 0 spiro atoms. The Morgan fingerprint density at radius 3 is 2.20 bits per heavy atom. The molecule has 0 aromatic heterocycles. The highest BCUT2D eigenvalue weighted by Crippen LogP contribution is 2.22. The van der Waals surface area contributed by atoms with Gasteiger partial charge in [-0.15, -0.1) is 0 Å². The molecule has 0 fully saturated rings. The first-order valence-corrected chi connectivity index (χ1v) is 10.1. The molecule has 4 rings (SSSR count). The summed E-state index contributed by atoms with van der Waals surface area (Å²) < 4.78 is 5.26. The van der Waals surface area contributed by atoms with Gasteiger partial charge in [0.25, 0.3) is 0 Å². The van der Waals surface area contributed by atoms with Crippen LogP contribution in [0.2, 0.25) is 0 Å². The number of carbonyl (C=O) groups is 1. The molecule has 3 heteroatoms. The lowest BCUT2D eigenvalue weighted by Gasteiger charge is -2.24. The fraction of sp³-hybridized carbons (Fsp3) is 0.148. The molecule has 0 saturated carbocycles. The lowest BCUT2D eigenvalue weighted by molar-refractivity contribution is -0.131. The Labute approximate surface area is 177 Å². The van der Waals surface area contributed by atoms with Gasteiger partial charge in [0.15, 0.2) is 0 Å². The summed E-state index contributed by atoms with van der Waals surface area (Å²) in [6.45, 7) is 1.12. The first-order valence-electron chi connectivity index (χ1n) is 10.1. The summed E-state index contributed by atoms with van der Waals surface area (Å²) in [7, 11) is 1.66. The molecule has 0 aliphatic rings. The van der Waals surface area contributed by atoms with Crippen LogP contribution in [-0.2, 0) is 24.3 Å². The van der Waals surface area contributed by atoms with Crippen LogP contribution in [0.4, 0.5) is 0 Å². The number of hydrogen-bond donors (Lipinski definition) is 0. The highest BCUT2D eigenvalue weighted by Gasteiger charge is 2.16. The van der Waals surface area contributed by atoms with Crippen LogP contribution in [0.5, 0.6) is 5.75 Å². The highest BCUT2D eigenvalue weighted by atomic mass is 16.5. The molecule has 30 heavy (non-hydrogen) atoms. The first-order chi connectivity index (χ1) is 14.7. The van der Waals surface area contributed by atoms with Gasteiger partial charge in [-0.2, -0.15) is 0 Å². The van der Waals surface area contributed by atoms with Crippen molar-refractivity contribution in [1.82, 2.24) is 4.90 Å². The first kappa shape index (κ1) is 19.7. The van der Waals surface area contributed by atoms with Crippen LogP contribution < -0.4 is 4.74 Å². The fourth-order valence-electron chi connectivity index (χ4n) is 3.70. The van der Waals surface area contributed by atoms with E-state index in [4.69, 9.17) is 4.74 Å². The highest BCUT2D eigenvalue weighted by molar-refractivity contribution is 5.86. The van der Waals surface area contributed by atoms with Crippen LogP contribution in [0.3, 0.4) is 0 Å². The number of fused-ring (bicyclic) bond motifs is 1. The zero-order valence-electron chi connectivity index (χ0n) is 17.1. The number of amides is 1. The van der Waals surface area contributed by atoms with Crippen molar-refractivity contribution >= 4 is 16.7 Å². The monoisotopic (exact) mass is 395 g/mol. The molecule has 0 unspecified atom stereocenters. The largest absolute Gasteiger partial charge is 0.497 e. The number of benzene rings is 4. The molecule has 150 valence electrons. The van der Waals surface area contributed by atoms with E-state index in [1.165, 1.54) is 10.8 Å². The Morgan fingerprint density at radius 2 is 1.43 bits per heavy atom.